The van der Waals surface area contributed by atoms with Crippen molar-refractivity contribution < 1.29 is 34.5 Å². The monoisotopic (exact) mass is 417 g/mol. The molecule has 1 aromatic carbocycles. The van der Waals surface area contributed by atoms with Gasteiger partial charge in [0.1, 0.15) is 6.04 Å². The molecule has 2 aromatic rings. The maximum atomic E-state index is 12.0. The first kappa shape index (κ1) is 21.3. The molecule has 10 heteroatoms. The summed E-state index contributed by atoms with van der Waals surface area (Å²) in [6, 6.07) is 3.96. The molecule has 2 atom stereocenters. The van der Waals surface area contributed by atoms with E-state index in [0.717, 1.165) is 0 Å². The lowest BCUT2D eigenvalue weighted by Gasteiger charge is -2.34. The van der Waals surface area contributed by atoms with E-state index >= 15 is 0 Å². The number of benzene rings is 1. The minimum absolute atomic E-state index is 0.149. The average Bonchev–Trinajstić information content (AvgIpc) is 3.09. The molecule has 0 spiro atoms. The molecule has 1 aliphatic rings. The van der Waals surface area contributed by atoms with Crippen molar-refractivity contribution in [2.45, 2.75) is 31.7 Å². The Labute approximate surface area is 171 Å². The summed E-state index contributed by atoms with van der Waals surface area (Å²) in [4.78, 5) is 50.5. The Bertz CT molecular complexity index is 984. The van der Waals surface area contributed by atoms with Crippen molar-refractivity contribution >= 4 is 40.4 Å². The average molecular weight is 417 g/mol. The SMILES string of the molecule is O=C(O)CCC(=O)Nc1ccc2c([C@@H](C(=O)O)N3CCC[C@H](C(=O)O)C3)c[nH]c2c1. The number of carbonyl (C=O) groups excluding carboxylic acids is 1. The lowest BCUT2D eigenvalue weighted by molar-refractivity contribution is -0.149. The highest BCUT2D eigenvalue weighted by Crippen LogP contribution is 2.33. The molecular formula is C20H23N3O7. The van der Waals surface area contributed by atoms with Gasteiger partial charge in [-0.1, -0.05) is 6.07 Å². The van der Waals surface area contributed by atoms with Crippen LogP contribution < -0.4 is 5.32 Å². The van der Waals surface area contributed by atoms with Gasteiger partial charge in [-0.3, -0.25) is 24.1 Å². The first-order valence-electron chi connectivity index (χ1n) is 9.58. The van der Waals surface area contributed by atoms with Gasteiger partial charge in [0, 0.05) is 41.3 Å². The molecule has 0 bridgehead atoms. The second-order valence-electron chi connectivity index (χ2n) is 7.36. The third kappa shape index (κ3) is 4.77. The van der Waals surface area contributed by atoms with Gasteiger partial charge in [-0.05, 0) is 31.5 Å². The number of nitrogens with zero attached hydrogens (tertiary/aromatic N) is 1. The van der Waals surface area contributed by atoms with Gasteiger partial charge >= 0.3 is 17.9 Å². The highest BCUT2D eigenvalue weighted by atomic mass is 16.4. The van der Waals surface area contributed by atoms with Gasteiger partial charge in [0.05, 0.1) is 12.3 Å². The molecule has 1 saturated heterocycles. The van der Waals surface area contributed by atoms with Crippen LogP contribution in [0.25, 0.3) is 10.9 Å². The number of anilines is 1. The summed E-state index contributed by atoms with van der Waals surface area (Å²) >= 11 is 0. The van der Waals surface area contributed by atoms with Gasteiger partial charge in [-0.2, -0.15) is 0 Å². The second kappa shape index (κ2) is 8.95. The van der Waals surface area contributed by atoms with E-state index in [4.69, 9.17) is 5.11 Å². The maximum Gasteiger partial charge on any atom is 0.325 e. The smallest absolute Gasteiger partial charge is 0.325 e. The number of carboxylic acid groups (broad SMARTS) is 3. The number of aromatic nitrogens is 1. The van der Waals surface area contributed by atoms with Gasteiger partial charge in [-0.15, -0.1) is 0 Å². The Hall–Kier alpha value is -3.40. The van der Waals surface area contributed by atoms with Crippen molar-refractivity contribution in [1.29, 1.82) is 0 Å². The predicted octanol–water partition coefficient (Wildman–Crippen LogP) is 1.89. The number of amides is 1. The minimum atomic E-state index is -1.06. The molecule has 160 valence electrons. The third-order valence-corrected chi connectivity index (χ3v) is 5.26. The Balaban J connectivity index is 1.82. The predicted molar refractivity (Wildman–Crippen MR) is 106 cm³/mol. The summed E-state index contributed by atoms with van der Waals surface area (Å²) in [5, 5.41) is 31.1. The van der Waals surface area contributed by atoms with E-state index in [-0.39, 0.29) is 19.4 Å². The summed E-state index contributed by atoms with van der Waals surface area (Å²) in [5.74, 6) is -4.07. The van der Waals surface area contributed by atoms with Crippen LogP contribution in [0, 0.1) is 5.92 Å². The van der Waals surface area contributed by atoms with Crippen molar-refractivity contribution in [3.63, 3.8) is 0 Å². The van der Waals surface area contributed by atoms with Crippen LogP contribution in [0.4, 0.5) is 5.69 Å². The molecule has 2 heterocycles. The highest BCUT2D eigenvalue weighted by Gasteiger charge is 2.35. The van der Waals surface area contributed by atoms with Crippen molar-refractivity contribution in [1.82, 2.24) is 9.88 Å². The fourth-order valence-corrected chi connectivity index (χ4v) is 3.82. The van der Waals surface area contributed by atoms with Crippen LogP contribution in [-0.4, -0.2) is 62.1 Å². The van der Waals surface area contributed by atoms with E-state index in [1.165, 1.54) is 0 Å². The maximum absolute atomic E-state index is 12.0. The Morgan fingerprint density at radius 1 is 1.17 bits per heavy atom. The standard InChI is InChI=1S/C20H23N3O7/c24-16(5-6-17(25)26)22-12-3-4-13-14(9-21-15(13)8-12)18(20(29)30)23-7-1-2-11(10-23)19(27)28/h3-4,8-9,11,18,21H,1-2,5-7,10H2,(H,22,24)(H,25,26)(H,27,28)(H,29,30)/t11-,18-/m0/s1. The summed E-state index contributed by atoms with van der Waals surface area (Å²) in [6.45, 7) is 0.655. The van der Waals surface area contributed by atoms with Gasteiger partial charge in [0.15, 0.2) is 0 Å². The molecule has 5 N–H and O–H groups in total. The van der Waals surface area contributed by atoms with Crippen LogP contribution in [0.1, 0.15) is 37.3 Å². The zero-order valence-corrected chi connectivity index (χ0v) is 16.1. The quantitative estimate of drug-likeness (QED) is 0.435. The molecule has 0 saturated carbocycles. The number of hydrogen-bond donors (Lipinski definition) is 5. The largest absolute Gasteiger partial charge is 0.481 e. The number of fused-ring (bicyclic) bond motifs is 1. The van der Waals surface area contributed by atoms with Crippen LogP contribution >= 0.6 is 0 Å². The van der Waals surface area contributed by atoms with E-state index in [9.17, 15) is 29.4 Å². The molecule has 30 heavy (non-hydrogen) atoms. The zero-order valence-electron chi connectivity index (χ0n) is 16.1. The van der Waals surface area contributed by atoms with Gasteiger partial charge < -0.3 is 25.6 Å². The minimum Gasteiger partial charge on any atom is -0.481 e. The lowest BCUT2D eigenvalue weighted by Crippen LogP contribution is -2.43. The second-order valence-corrected chi connectivity index (χ2v) is 7.36. The summed E-state index contributed by atoms with van der Waals surface area (Å²) < 4.78 is 0. The van der Waals surface area contributed by atoms with E-state index in [1.54, 1.807) is 29.3 Å². The zero-order chi connectivity index (χ0) is 21.8. The first-order chi connectivity index (χ1) is 14.3. The Kier molecular flexibility index (Phi) is 6.36. The molecule has 0 radical (unpaired) electrons. The van der Waals surface area contributed by atoms with Crippen LogP contribution in [0.2, 0.25) is 0 Å². The summed E-state index contributed by atoms with van der Waals surface area (Å²) in [5.41, 5.74) is 1.59. The molecule has 1 aromatic heterocycles. The number of H-pyrrole nitrogens is 1. The fourth-order valence-electron chi connectivity index (χ4n) is 3.82. The molecule has 0 unspecified atom stereocenters. The molecule has 1 aliphatic heterocycles. The number of likely N-dealkylation sites (tertiary alicyclic amines) is 1. The first-order valence-corrected chi connectivity index (χ1v) is 9.58. The van der Waals surface area contributed by atoms with Crippen molar-refractivity contribution in [3.8, 4) is 0 Å². The number of nitrogens with one attached hydrogen (secondary N) is 2. The number of aromatic amines is 1. The van der Waals surface area contributed by atoms with E-state index < -0.39 is 35.8 Å². The molecule has 1 amide bonds. The van der Waals surface area contributed by atoms with Crippen LogP contribution in [0.5, 0.6) is 0 Å². The third-order valence-electron chi connectivity index (χ3n) is 5.26. The van der Waals surface area contributed by atoms with Crippen molar-refractivity contribution in [2.24, 2.45) is 5.92 Å². The fraction of sp³-hybridized carbons (Fsp3) is 0.400. The van der Waals surface area contributed by atoms with Crippen molar-refractivity contribution in [2.75, 3.05) is 18.4 Å². The van der Waals surface area contributed by atoms with E-state index in [1.807, 2.05) is 0 Å². The van der Waals surface area contributed by atoms with Gasteiger partial charge in [-0.25, -0.2) is 0 Å². The topological polar surface area (TPSA) is 160 Å². The number of aliphatic carboxylic acids is 3. The Morgan fingerprint density at radius 3 is 2.60 bits per heavy atom. The molecular weight excluding hydrogens is 394 g/mol. The molecule has 10 nitrogen and oxygen atoms in total. The normalized spacial score (nSPS) is 18.1. The lowest BCUT2D eigenvalue weighted by atomic mass is 9.94. The van der Waals surface area contributed by atoms with E-state index in [2.05, 4.69) is 10.3 Å². The van der Waals surface area contributed by atoms with Crippen LogP contribution in [0.15, 0.2) is 24.4 Å². The van der Waals surface area contributed by atoms with Crippen molar-refractivity contribution in [3.05, 3.63) is 30.0 Å². The van der Waals surface area contributed by atoms with Gasteiger partial charge in [0.25, 0.3) is 0 Å². The highest BCUT2D eigenvalue weighted by molar-refractivity contribution is 5.96. The number of carboxylic acids is 3. The summed E-state index contributed by atoms with van der Waals surface area (Å²) in [7, 11) is 0. The number of piperidine rings is 1. The van der Waals surface area contributed by atoms with Crippen LogP contribution in [-0.2, 0) is 19.2 Å². The van der Waals surface area contributed by atoms with Gasteiger partial charge in [0.2, 0.25) is 5.91 Å². The molecule has 3 rings (SSSR count). The number of carbonyl (C=O) groups is 4. The Morgan fingerprint density at radius 2 is 1.93 bits per heavy atom. The van der Waals surface area contributed by atoms with E-state index in [0.29, 0.717) is 41.5 Å². The molecule has 1 fully saturated rings. The van der Waals surface area contributed by atoms with Crippen LogP contribution in [0.3, 0.4) is 0 Å². The summed E-state index contributed by atoms with van der Waals surface area (Å²) in [6.07, 6.45) is 2.30. The molecule has 0 aliphatic carbocycles. The number of rotatable bonds is 8. The number of hydrogen-bond acceptors (Lipinski definition) is 5.